The monoisotopic (exact) mass is 324 g/mol. The van der Waals surface area contributed by atoms with E-state index >= 15 is 0 Å². The summed E-state index contributed by atoms with van der Waals surface area (Å²) in [5, 5.41) is 0.589. The molecule has 2 aromatic carbocycles. The third-order valence-corrected chi connectivity index (χ3v) is 3.66. The van der Waals surface area contributed by atoms with Crippen molar-refractivity contribution in [1.29, 1.82) is 0 Å². The van der Waals surface area contributed by atoms with Crippen molar-refractivity contribution < 1.29 is 9.13 Å². The summed E-state index contributed by atoms with van der Waals surface area (Å²) in [4.78, 5) is 4.47. The standard InChI is InChI=1S/C15H11Cl2FN2O/c1-21-14-7-10(18)3-5-12(14)20-13-6-9(17)2-4-11(13)19-15(20)8-16/h2-7H,8H2,1H3. The number of hydrogen-bond donors (Lipinski definition) is 0. The molecule has 3 aromatic rings. The van der Waals surface area contributed by atoms with E-state index in [1.165, 1.54) is 19.2 Å². The van der Waals surface area contributed by atoms with E-state index in [9.17, 15) is 4.39 Å². The second-order valence-electron chi connectivity index (χ2n) is 4.45. The molecule has 3 rings (SSSR count). The summed E-state index contributed by atoms with van der Waals surface area (Å²) in [5.41, 5.74) is 2.23. The molecular weight excluding hydrogens is 314 g/mol. The number of imidazole rings is 1. The number of ether oxygens (including phenoxy) is 1. The van der Waals surface area contributed by atoms with Crippen molar-refractivity contribution in [2.45, 2.75) is 5.88 Å². The van der Waals surface area contributed by atoms with Crippen molar-refractivity contribution in [3.63, 3.8) is 0 Å². The van der Waals surface area contributed by atoms with Gasteiger partial charge in [0, 0.05) is 11.1 Å². The number of rotatable bonds is 3. The molecule has 108 valence electrons. The Kier molecular flexibility index (Phi) is 3.74. The first-order valence-electron chi connectivity index (χ1n) is 6.21. The van der Waals surface area contributed by atoms with Crippen LogP contribution in [0, 0.1) is 5.82 Å². The number of aromatic nitrogens is 2. The normalized spacial score (nSPS) is 11.0. The summed E-state index contributed by atoms with van der Waals surface area (Å²) >= 11 is 12.1. The van der Waals surface area contributed by atoms with Crippen molar-refractivity contribution in [2.75, 3.05) is 7.11 Å². The molecule has 0 N–H and O–H groups in total. The number of nitrogens with zero attached hydrogens (tertiary/aromatic N) is 2. The first-order valence-corrected chi connectivity index (χ1v) is 7.12. The number of benzene rings is 2. The molecule has 0 saturated carbocycles. The zero-order valence-electron chi connectivity index (χ0n) is 11.1. The Balaban J connectivity index is 2.35. The Morgan fingerprint density at radius 2 is 2.05 bits per heavy atom. The third-order valence-electron chi connectivity index (χ3n) is 3.19. The summed E-state index contributed by atoms with van der Waals surface area (Å²) in [5.74, 6) is 0.886. The summed E-state index contributed by atoms with van der Waals surface area (Å²) in [6.07, 6.45) is 0. The number of fused-ring (bicyclic) bond motifs is 1. The predicted molar refractivity (Wildman–Crippen MR) is 82.1 cm³/mol. The predicted octanol–water partition coefficient (Wildman–Crippen LogP) is 4.57. The number of methoxy groups -OCH3 is 1. The molecule has 0 radical (unpaired) electrons. The van der Waals surface area contributed by atoms with Crippen LogP contribution in [0.4, 0.5) is 4.39 Å². The summed E-state index contributed by atoms with van der Waals surface area (Å²) in [6, 6.07) is 9.70. The van der Waals surface area contributed by atoms with Crippen LogP contribution in [0.25, 0.3) is 16.7 Å². The lowest BCUT2D eigenvalue weighted by atomic mass is 10.2. The van der Waals surface area contributed by atoms with Crippen LogP contribution in [0.5, 0.6) is 5.75 Å². The van der Waals surface area contributed by atoms with Crippen LogP contribution in [-0.4, -0.2) is 16.7 Å². The van der Waals surface area contributed by atoms with Gasteiger partial charge in [0.25, 0.3) is 0 Å². The van der Waals surface area contributed by atoms with Crippen LogP contribution < -0.4 is 4.74 Å². The largest absolute Gasteiger partial charge is 0.494 e. The molecular formula is C15H11Cl2FN2O. The molecule has 0 bridgehead atoms. The molecule has 3 nitrogen and oxygen atoms in total. The van der Waals surface area contributed by atoms with Crippen LogP contribution >= 0.6 is 23.2 Å². The fourth-order valence-electron chi connectivity index (χ4n) is 2.29. The Bertz CT molecular complexity index is 817. The molecule has 0 fully saturated rings. The molecule has 0 aliphatic heterocycles. The minimum Gasteiger partial charge on any atom is -0.494 e. The molecule has 1 heterocycles. The summed E-state index contributed by atoms with van der Waals surface area (Å²) < 4.78 is 20.5. The first kappa shape index (κ1) is 14.2. The minimum absolute atomic E-state index is 0.215. The molecule has 1 aromatic heterocycles. The van der Waals surface area contributed by atoms with E-state index in [0.717, 1.165) is 11.0 Å². The lowest BCUT2D eigenvalue weighted by Crippen LogP contribution is -2.02. The maximum atomic E-state index is 13.4. The number of hydrogen-bond acceptors (Lipinski definition) is 2. The van der Waals surface area contributed by atoms with Gasteiger partial charge in [0.15, 0.2) is 0 Å². The van der Waals surface area contributed by atoms with Gasteiger partial charge in [-0.05, 0) is 30.3 Å². The second kappa shape index (κ2) is 5.54. The Hall–Kier alpha value is -1.78. The molecule has 6 heteroatoms. The van der Waals surface area contributed by atoms with Gasteiger partial charge in [-0.25, -0.2) is 9.37 Å². The lowest BCUT2D eigenvalue weighted by molar-refractivity contribution is 0.409. The highest BCUT2D eigenvalue weighted by molar-refractivity contribution is 6.31. The van der Waals surface area contributed by atoms with Crippen molar-refractivity contribution >= 4 is 34.2 Å². The average Bonchev–Trinajstić information content (AvgIpc) is 2.84. The van der Waals surface area contributed by atoms with Gasteiger partial charge >= 0.3 is 0 Å². The molecule has 0 unspecified atom stereocenters. The zero-order chi connectivity index (χ0) is 15.0. The zero-order valence-corrected chi connectivity index (χ0v) is 12.6. The van der Waals surface area contributed by atoms with Crippen LogP contribution in [0.2, 0.25) is 5.02 Å². The lowest BCUT2D eigenvalue weighted by Gasteiger charge is -2.12. The molecule has 0 aliphatic carbocycles. The summed E-state index contributed by atoms with van der Waals surface area (Å²) in [7, 11) is 1.49. The Labute approximate surface area is 130 Å². The van der Waals surface area contributed by atoms with E-state index < -0.39 is 0 Å². The van der Waals surface area contributed by atoms with E-state index in [4.69, 9.17) is 27.9 Å². The molecule has 0 spiro atoms. The molecule has 0 amide bonds. The molecule has 0 atom stereocenters. The van der Waals surface area contributed by atoms with Crippen LogP contribution in [-0.2, 0) is 5.88 Å². The first-order chi connectivity index (χ1) is 10.1. The van der Waals surface area contributed by atoms with Crippen LogP contribution in [0.3, 0.4) is 0 Å². The average molecular weight is 325 g/mol. The second-order valence-corrected chi connectivity index (χ2v) is 5.15. The van der Waals surface area contributed by atoms with Gasteiger partial charge < -0.3 is 4.74 Å². The highest BCUT2D eigenvalue weighted by Crippen LogP contribution is 2.31. The van der Waals surface area contributed by atoms with Gasteiger partial charge in [-0.2, -0.15) is 0 Å². The third kappa shape index (κ3) is 2.45. The van der Waals surface area contributed by atoms with Crippen molar-refractivity contribution in [2.24, 2.45) is 0 Å². The van der Waals surface area contributed by atoms with Crippen molar-refractivity contribution in [1.82, 2.24) is 9.55 Å². The molecule has 0 saturated heterocycles. The fourth-order valence-corrected chi connectivity index (χ4v) is 2.64. The van der Waals surface area contributed by atoms with Gasteiger partial charge in [-0.1, -0.05) is 11.6 Å². The van der Waals surface area contributed by atoms with Gasteiger partial charge in [-0.15, -0.1) is 11.6 Å². The summed E-state index contributed by atoms with van der Waals surface area (Å²) in [6.45, 7) is 0. The molecule has 0 aliphatic rings. The minimum atomic E-state index is -0.370. The molecule has 21 heavy (non-hydrogen) atoms. The van der Waals surface area contributed by atoms with Crippen LogP contribution in [0.15, 0.2) is 36.4 Å². The highest BCUT2D eigenvalue weighted by atomic mass is 35.5. The van der Waals surface area contributed by atoms with Gasteiger partial charge in [0.05, 0.1) is 29.7 Å². The number of alkyl halides is 1. The quantitative estimate of drug-likeness (QED) is 0.660. The van der Waals surface area contributed by atoms with E-state index in [-0.39, 0.29) is 11.7 Å². The van der Waals surface area contributed by atoms with Crippen molar-refractivity contribution in [3.05, 3.63) is 53.1 Å². The topological polar surface area (TPSA) is 27.1 Å². The SMILES string of the molecule is COc1cc(F)ccc1-n1c(CCl)nc2ccc(Cl)cc21. The van der Waals surface area contributed by atoms with E-state index in [0.29, 0.717) is 22.3 Å². The highest BCUT2D eigenvalue weighted by Gasteiger charge is 2.16. The maximum Gasteiger partial charge on any atom is 0.145 e. The van der Waals surface area contributed by atoms with E-state index in [1.807, 2.05) is 10.6 Å². The fraction of sp³-hybridized carbons (Fsp3) is 0.133. The van der Waals surface area contributed by atoms with Gasteiger partial charge in [-0.3, -0.25) is 4.57 Å². The van der Waals surface area contributed by atoms with Crippen LogP contribution in [0.1, 0.15) is 5.82 Å². The van der Waals surface area contributed by atoms with E-state index in [2.05, 4.69) is 4.98 Å². The van der Waals surface area contributed by atoms with Crippen molar-refractivity contribution in [3.8, 4) is 11.4 Å². The smallest absolute Gasteiger partial charge is 0.145 e. The van der Waals surface area contributed by atoms with Gasteiger partial charge in [0.2, 0.25) is 0 Å². The number of halogens is 3. The van der Waals surface area contributed by atoms with E-state index in [1.54, 1.807) is 18.2 Å². The van der Waals surface area contributed by atoms with Gasteiger partial charge in [0.1, 0.15) is 17.4 Å². The Morgan fingerprint density at radius 3 is 2.76 bits per heavy atom. The Morgan fingerprint density at radius 1 is 1.24 bits per heavy atom. The maximum absolute atomic E-state index is 13.4.